The second kappa shape index (κ2) is 7.41. The number of aliphatic hydroxyl groups is 1. The van der Waals surface area contributed by atoms with Gasteiger partial charge >= 0.3 is 0 Å². The van der Waals surface area contributed by atoms with E-state index < -0.39 is 6.10 Å². The van der Waals surface area contributed by atoms with Gasteiger partial charge in [0.05, 0.1) is 13.2 Å². The summed E-state index contributed by atoms with van der Waals surface area (Å²) < 4.78 is 5.29. The van der Waals surface area contributed by atoms with Crippen molar-refractivity contribution in [3.63, 3.8) is 0 Å². The number of rotatable bonds is 5. The Morgan fingerprint density at radius 3 is 2.79 bits per heavy atom. The molecule has 19 heavy (non-hydrogen) atoms. The van der Waals surface area contributed by atoms with Gasteiger partial charge in [0.15, 0.2) is 0 Å². The summed E-state index contributed by atoms with van der Waals surface area (Å²) in [7, 11) is 1.62. The molecule has 1 saturated carbocycles. The highest BCUT2D eigenvalue weighted by Gasteiger charge is 2.18. The van der Waals surface area contributed by atoms with Gasteiger partial charge in [-0.3, -0.25) is 0 Å². The minimum Gasteiger partial charge on any atom is -0.496 e. The van der Waals surface area contributed by atoms with E-state index >= 15 is 0 Å². The quantitative estimate of drug-likeness (QED) is 0.871. The summed E-state index contributed by atoms with van der Waals surface area (Å²) in [5.41, 5.74) is 0.790. The van der Waals surface area contributed by atoms with Crippen LogP contribution in [0.4, 0.5) is 0 Å². The molecule has 0 spiro atoms. The Kier molecular flexibility index (Phi) is 5.86. The Balaban J connectivity index is 1.94. The number of hydrogen-bond donors (Lipinski definition) is 1. The lowest BCUT2D eigenvalue weighted by Gasteiger charge is -2.23. The van der Waals surface area contributed by atoms with E-state index in [-0.39, 0.29) is 0 Å². The van der Waals surface area contributed by atoms with Crippen molar-refractivity contribution in [3.8, 4) is 5.75 Å². The van der Waals surface area contributed by atoms with Crippen LogP contribution in [0.2, 0.25) is 5.02 Å². The molecule has 1 aliphatic carbocycles. The van der Waals surface area contributed by atoms with Crippen molar-refractivity contribution in [2.24, 2.45) is 0 Å². The average Bonchev–Trinajstić information content (AvgIpc) is 2.46. The first-order valence-corrected chi connectivity index (χ1v) is 8.26. The fourth-order valence-corrected chi connectivity index (χ4v) is 4.00. The molecule has 0 radical (unpaired) electrons. The van der Waals surface area contributed by atoms with Gasteiger partial charge in [-0.25, -0.2) is 0 Å². The molecule has 1 unspecified atom stereocenters. The van der Waals surface area contributed by atoms with Crippen LogP contribution in [0.15, 0.2) is 18.2 Å². The highest BCUT2D eigenvalue weighted by atomic mass is 35.5. The summed E-state index contributed by atoms with van der Waals surface area (Å²) in [6.07, 6.45) is 6.07. The van der Waals surface area contributed by atoms with E-state index in [0.29, 0.717) is 21.8 Å². The summed E-state index contributed by atoms with van der Waals surface area (Å²) in [4.78, 5) is 0. The number of thioether (sulfide) groups is 1. The van der Waals surface area contributed by atoms with Crippen LogP contribution in [0.5, 0.6) is 5.75 Å². The summed E-state index contributed by atoms with van der Waals surface area (Å²) in [5, 5.41) is 11.7. The molecule has 1 atom stereocenters. The van der Waals surface area contributed by atoms with Crippen molar-refractivity contribution >= 4 is 23.4 Å². The molecule has 0 heterocycles. The molecule has 2 nitrogen and oxygen atoms in total. The van der Waals surface area contributed by atoms with Crippen LogP contribution >= 0.6 is 23.4 Å². The van der Waals surface area contributed by atoms with Crippen LogP contribution in [0.25, 0.3) is 0 Å². The van der Waals surface area contributed by atoms with E-state index in [1.165, 1.54) is 32.1 Å². The SMILES string of the molecule is COc1ccc(Cl)cc1C(O)CSC1CCCCC1. The molecule has 0 saturated heterocycles. The van der Waals surface area contributed by atoms with Crippen molar-refractivity contribution in [1.29, 1.82) is 0 Å². The first-order valence-electron chi connectivity index (χ1n) is 6.84. The van der Waals surface area contributed by atoms with Gasteiger partial charge in [0.2, 0.25) is 0 Å². The van der Waals surface area contributed by atoms with E-state index in [9.17, 15) is 5.11 Å². The van der Waals surface area contributed by atoms with E-state index in [0.717, 1.165) is 5.56 Å². The van der Waals surface area contributed by atoms with Gasteiger partial charge in [-0.05, 0) is 31.0 Å². The van der Waals surface area contributed by atoms with Crippen LogP contribution in [0.3, 0.4) is 0 Å². The Morgan fingerprint density at radius 2 is 2.11 bits per heavy atom. The highest BCUT2D eigenvalue weighted by molar-refractivity contribution is 7.99. The van der Waals surface area contributed by atoms with Gasteiger partial charge in [-0.1, -0.05) is 30.9 Å². The second-order valence-corrected chi connectivity index (χ2v) is 6.77. The minimum absolute atomic E-state index is 0.513. The van der Waals surface area contributed by atoms with Gasteiger partial charge in [0, 0.05) is 21.6 Å². The van der Waals surface area contributed by atoms with Crippen molar-refractivity contribution in [2.75, 3.05) is 12.9 Å². The fourth-order valence-electron chi connectivity index (χ4n) is 2.51. The lowest BCUT2D eigenvalue weighted by molar-refractivity contribution is 0.198. The molecule has 1 aliphatic rings. The molecular weight excluding hydrogens is 280 g/mol. The molecule has 0 amide bonds. The fraction of sp³-hybridized carbons (Fsp3) is 0.600. The average molecular weight is 301 g/mol. The third-order valence-corrected chi connectivity index (χ3v) is 5.28. The number of ether oxygens (including phenoxy) is 1. The molecule has 4 heteroatoms. The Hall–Kier alpha value is -0.380. The molecule has 106 valence electrons. The maximum atomic E-state index is 10.3. The molecule has 0 aromatic heterocycles. The van der Waals surface area contributed by atoms with Crippen LogP contribution in [0.1, 0.15) is 43.8 Å². The molecular formula is C15H21ClO2S. The largest absolute Gasteiger partial charge is 0.496 e. The predicted molar refractivity (Wildman–Crippen MR) is 82.3 cm³/mol. The molecule has 1 N–H and O–H groups in total. The summed E-state index contributed by atoms with van der Waals surface area (Å²) >= 11 is 7.87. The maximum Gasteiger partial charge on any atom is 0.124 e. The van der Waals surface area contributed by atoms with Crippen molar-refractivity contribution in [2.45, 2.75) is 43.5 Å². The molecule has 0 aliphatic heterocycles. The van der Waals surface area contributed by atoms with Gasteiger partial charge in [-0.15, -0.1) is 0 Å². The summed E-state index contributed by atoms with van der Waals surface area (Å²) in [6.45, 7) is 0. The normalized spacial score (nSPS) is 18.3. The topological polar surface area (TPSA) is 29.5 Å². The van der Waals surface area contributed by atoms with Crippen LogP contribution in [-0.2, 0) is 0 Å². The lowest BCUT2D eigenvalue weighted by Crippen LogP contribution is -2.12. The Labute approximate surface area is 124 Å². The van der Waals surface area contributed by atoms with Crippen molar-refractivity contribution in [3.05, 3.63) is 28.8 Å². The molecule has 1 fully saturated rings. The minimum atomic E-state index is -0.513. The predicted octanol–water partition coefficient (Wildman–Crippen LogP) is 4.45. The van der Waals surface area contributed by atoms with E-state index in [1.807, 2.05) is 17.8 Å². The monoisotopic (exact) mass is 300 g/mol. The van der Waals surface area contributed by atoms with Crippen molar-refractivity contribution in [1.82, 2.24) is 0 Å². The first-order chi connectivity index (χ1) is 9.20. The van der Waals surface area contributed by atoms with Crippen LogP contribution in [-0.4, -0.2) is 23.2 Å². The van der Waals surface area contributed by atoms with E-state index in [4.69, 9.17) is 16.3 Å². The molecule has 2 rings (SSSR count). The number of benzene rings is 1. The first kappa shape index (κ1) is 15.0. The Morgan fingerprint density at radius 1 is 1.37 bits per heavy atom. The zero-order valence-electron chi connectivity index (χ0n) is 11.3. The zero-order valence-corrected chi connectivity index (χ0v) is 12.8. The third-order valence-electron chi connectivity index (χ3n) is 3.59. The smallest absolute Gasteiger partial charge is 0.124 e. The number of methoxy groups -OCH3 is 1. The van der Waals surface area contributed by atoms with E-state index in [2.05, 4.69) is 0 Å². The van der Waals surface area contributed by atoms with Gasteiger partial charge < -0.3 is 9.84 Å². The van der Waals surface area contributed by atoms with Gasteiger partial charge in [0.25, 0.3) is 0 Å². The highest BCUT2D eigenvalue weighted by Crippen LogP contribution is 2.34. The van der Waals surface area contributed by atoms with Crippen LogP contribution in [0, 0.1) is 0 Å². The number of aliphatic hydroxyl groups excluding tert-OH is 1. The van der Waals surface area contributed by atoms with Gasteiger partial charge in [-0.2, -0.15) is 11.8 Å². The molecule has 1 aromatic carbocycles. The van der Waals surface area contributed by atoms with Crippen LogP contribution < -0.4 is 4.74 Å². The number of halogens is 1. The van der Waals surface area contributed by atoms with Gasteiger partial charge in [0.1, 0.15) is 5.75 Å². The number of hydrogen-bond acceptors (Lipinski definition) is 3. The zero-order chi connectivity index (χ0) is 13.7. The Bertz CT molecular complexity index is 405. The summed E-state index contributed by atoms with van der Waals surface area (Å²) in [6, 6.07) is 5.39. The lowest BCUT2D eigenvalue weighted by atomic mass is 10.0. The molecule has 1 aromatic rings. The molecule has 0 bridgehead atoms. The third kappa shape index (κ3) is 4.30. The standard InChI is InChI=1S/C15H21ClO2S/c1-18-15-8-7-11(16)9-13(15)14(17)10-19-12-5-3-2-4-6-12/h7-9,12,14,17H,2-6,10H2,1H3. The summed E-state index contributed by atoms with van der Waals surface area (Å²) in [5.74, 6) is 1.42. The van der Waals surface area contributed by atoms with Crippen molar-refractivity contribution < 1.29 is 9.84 Å². The second-order valence-electron chi connectivity index (χ2n) is 5.00. The van der Waals surface area contributed by atoms with E-state index in [1.54, 1.807) is 19.2 Å². The maximum absolute atomic E-state index is 10.3.